The molecule has 3 amide bonds. The van der Waals surface area contributed by atoms with Crippen LogP contribution in [0.25, 0.3) is 0 Å². The number of rotatable bonds is 4. The molecule has 0 bridgehead atoms. The molecule has 0 spiro atoms. The summed E-state index contributed by atoms with van der Waals surface area (Å²) in [5.41, 5.74) is -0.241. The highest BCUT2D eigenvalue weighted by molar-refractivity contribution is 6.19. The lowest BCUT2D eigenvalue weighted by Crippen LogP contribution is -2.32. The second-order valence-electron chi connectivity index (χ2n) is 6.11. The number of aromatic nitrogens is 1. The largest absolute Gasteiger partial charge is 0.487 e. The fourth-order valence-corrected chi connectivity index (χ4v) is 2.75. The molecule has 0 atom stereocenters. The first-order chi connectivity index (χ1) is 12.7. The zero-order chi connectivity index (χ0) is 19.8. The summed E-state index contributed by atoms with van der Waals surface area (Å²) in [5.74, 6) is -0.0467. The molecular formula is C18H16F3N3O3. The van der Waals surface area contributed by atoms with Crippen molar-refractivity contribution >= 4 is 17.8 Å². The molecule has 0 radical (unpaired) electrons. The second-order valence-corrected chi connectivity index (χ2v) is 6.11. The lowest BCUT2D eigenvalue weighted by Gasteiger charge is -2.16. The minimum Gasteiger partial charge on any atom is -0.487 e. The van der Waals surface area contributed by atoms with E-state index < -0.39 is 23.7 Å². The molecule has 1 saturated heterocycles. The number of ether oxygens (including phenoxy) is 1. The number of alkyl halides is 3. The minimum atomic E-state index is -4.48. The van der Waals surface area contributed by atoms with Crippen molar-refractivity contribution in [3.63, 3.8) is 0 Å². The number of imide groups is 1. The number of amides is 3. The number of nitrogens with zero attached hydrogens (tertiary/aromatic N) is 3. The summed E-state index contributed by atoms with van der Waals surface area (Å²) in [6.07, 6.45) is -3.21. The van der Waals surface area contributed by atoms with Crippen molar-refractivity contribution in [3.8, 4) is 5.75 Å². The Kier molecular flexibility index (Phi) is 4.77. The van der Waals surface area contributed by atoms with Crippen LogP contribution in [0.1, 0.15) is 16.7 Å². The molecule has 6 nitrogen and oxygen atoms in total. The molecule has 27 heavy (non-hydrogen) atoms. The van der Waals surface area contributed by atoms with Crippen LogP contribution in [0.4, 0.5) is 23.8 Å². The molecule has 142 valence electrons. The summed E-state index contributed by atoms with van der Waals surface area (Å²) >= 11 is 0. The van der Waals surface area contributed by atoms with Gasteiger partial charge in [-0.05, 0) is 30.7 Å². The number of carbonyl (C=O) groups is 2. The quantitative estimate of drug-likeness (QED) is 0.764. The van der Waals surface area contributed by atoms with Crippen molar-refractivity contribution in [1.82, 2.24) is 9.88 Å². The van der Waals surface area contributed by atoms with E-state index >= 15 is 0 Å². The number of benzene rings is 1. The fraction of sp³-hybridized carbons (Fsp3) is 0.278. The molecule has 0 N–H and O–H groups in total. The first-order valence-electron chi connectivity index (χ1n) is 8.01. The summed E-state index contributed by atoms with van der Waals surface area (Å²) in [6.45, 7) is 1.26. The standard InChI is InChI=1S/C18H16F3N3O3/c1-11-4-3-5-14(18(19,20)21)13(11)10-27-12-6-7-15(22-8-12)24-16(25)9-23(2)17(24)26/h3-8H,9-10H2,1-2H3. The van der Waals surface area contributed by atoms with E-state index in [0.717, 1.165) is 11.0 Å². The second kappa shape index (κ2) is 6.90. The predicted octanol–water partition coefficient (Wildman–Crippen LogP) is 3.39. The average Bonchev–Trinajstić information content (AvgIpc) is 2.85. The third-order valence-corrected chi connectivity index (χ3v) is 4.19. The number of hydrogen-bond donors (Lipinski definition) is 0. The van der Waals surface area contributed by atoms with Crippen LogP contribution in [0.2, 0.25) is 0 Å². The van der Waals surface area contributed by atoms with Gasteiger partial charge in [-0.25, -0.2) is 14.7 Å². The van der Waals surface area contributed by atoms with E-state index in [9.17, 15) is 22.8 Å². The molecule has 1 fully saturated rings. The molecule has 0 unspecified atom stereocenters. The van der Waals surface area contributed by atoms with Crippen LogP contribution in [0.3, 0.4) is 0 Å². The summed E-state index contributed by atoms with van der Waals surface area (Å²) in [4.78, 5) is 30.0. The lowest BCUT2D eigenvalue weighted by atomic mass is 10.0. The summed E-state index contributed by atoms with van der Waals surface area (Å²) in [5, 5.41) is 0. The molecule has 1 aromatic carbocycles. The number of pyridine rings is 1. The van der Waals surface area contributed by atoms with Gasteiger partial charge >= 0.3 is 12.2 Å². The Hall–Kier alpha value is -3.10. The smallest absolute Gasteiger partial charge is 0.416 e. The van der Waals surface area contributed by atoms with Crippen molar-refractivity contribution in [2.45, 2.75) is 19.7 Å². The topological polar surface area (TPSA) is 62.7 Å². The zero-order valence-corrected chi connectivity index (χ0v) is 14.6. The zero-order valence-electron chi connectivity index (χ0n) is 14.6. The monoisotopic (exact) mass is 379 g/mol. The van der Waals surface area contributed by atoms with Crippen molar-refractivity contribution in [2.24, 2.45) is 0 Å². The van der Waals surface area contributed by atoms with Gasteiger partial charge in [0.2, 0.25) is 0 Å². The van der Waals surface area contributed by atoms with Crippen LogP contribution >= 0.6 is 0 Å². The molecule has 0 aliphatic carbocycles. The fourth-order valence-electron chi connectivity index (χ4n) is 2.75. The van der Waals surface area contributed by atoms with Crippen LogP contribution in [-0.4, -0.2) is 35.4 Å². The molecule has 1 aliphatic rings. The van der Waals surface area contributed by atoms with E-state index in [1.54, 1.807) is 13.0 Å². The summed E-state index contributed by atoms with van der Waals surface area (Å²) < 4.78 is 44.9. The SMILES string of the molecule is Cc1cccc(C(F)(F)F)c1COc1ccc(N2C(=O)CN(C)C2=O)nc1. The maximum Gasteiger partial charge on any atom is 0.416 e. The number of carbonyl (C=O) groups excluding carboxylic acids is 2. The lowest BCUT2D eigenvalue weighted by molar-refractivity contribution is -0.138. The first-order valence-corrected chi connectivity index (χ1v) is 8.01. The van der Waals surface area contributed by atoms with Crippen LogP contribution in [-0.2, 0) is 17.6 Å². The highest BCUT2D eigenvalue weighted by atomic mass is 19.4. The van der Waals surface area contributed by atoms with Gasteiger partial charge in [0.15, 0.2) is 0 Å². The van der Waals surface area contributed by atoms with Crippen molar-refractivity contribution in [3.05, 3.63) is 53.2 Å². The maximum atomic E-state index is 13.1. The minimum absolute atomic E-state index is 0.0354. The molecule has 1 aliphatic heterocycles. The Balaban J connectivity index is 1.76. The number of halogens is 3. The third kappa shape index (κ3) is 3.71. The van der Waals surface area contributed by atoms with E-state index in [-0.39, 0.29) is 30.3 Å². The third-order valence-electron chi connectivity index (χ3n) is 4.19. The van der Waals surface area contributed by atoms with E-state index in [2.05, 4.69) is 4.98 Å². The maximum absolute atomic E-state index is 13.1. The van der Waals surface area contributed by atoms with Gasteiger partial charge in [0, 0.05) is 12.6 Å². The van der Waals surface area contributed by atoms with Crippen molar-refractivity contribution in [2.75, 3.05) is 18.5 Å². The van der Waals surface area contributed by atoms with Gasteiger partial charge in [-0.1, -0.05) is 12.1 Å². The molecule has 2 heterocycles. The van der Waals surface area contributed by atoms with Crippen LogP contribution in [0, 0.1) is 6.92 Å². The van der Waals surface area contributed by atoms with E-state index in [1.165, 1.54) is 36.3 Å². The van der Waals surface area contributed by atoms with Gasteiger partial charge < -0.3 is 9.64 Å². The molecule has 3 rings (SSSR count). The number of hydrogen-bond acceptors (Lipinski definition) is 4. The highest BCUT2D eigenvalue weighted by Gasteiger charge is 2.36. The number of aryl methyl sites for hydroxylation is 1. The molecular weight excluding hydrogens is 363 g/mol. The van der Waals surface area contributed by atoms with Crippen LogP contribution in [0.15, 0.2) is 36.5 Å². The Morgan fingerprint density at radius 2 is 1.93 bits per heavy atom. The van der Waals surface area contributed by atoms with Crippen molar-refractivity contribution in [1.29, 1.82) is 0 Å². The normalized spacial score (nSPS) is 14.9. The van der Waals surface area contributed by atoms with Gasteiger partial charge in [-0.2, -0.15) is 13.2 Å². The predicted molar refractivity (Wildman–Crippen MR) is 90.3 cm³/mol. The molecule has 9 heteroatoms. The molecule has 2 aromatic rings. The Morgan fingerprint density at radius 3 is 2.48 bits per heavy atom. The Labute approximate surface area is 153 Å². The summed E-state index contributed by atoms with van der Waals surface area (Å²) in [6, 6.07) is 6.30. The van der Waals surface area contributed by atoms with E-state index in [4.69, 9.17) is 4.74 Å². The van der Waals surface area contributed by atoms with Gasteiger partial charge in [0.1, 0.15) is 24.7 Å². The average molecular weight is 379 g/mol. The number of anilines is 1. The highest BCUT2D eigenvalue weighted by Crippen LogP contribution is 2.34. The van der Waals surface area contributed by atoms with Gasteiger partial charge in [-0.3, -0.25) is 4.79 Å². The summed E-state index contributed by atoms with van der Waals surface area (Å²) in [7, 11) is 1.50. The van der Waals surface area contributed by atoms with Gasteiger partial charge in [-0.15, -0.1) is 0 Å². The van der Waals surface area contributed by atoms with Crippen molar-refractivity contribution < 1.29 is 27.5 Å². The van der Waals surface area contributed by atoms with E-state index in [1.807, 2.05) is 0 Å². The van der Waals surface area contributed by atoms with Crippen LogP contribution < -0.4 is 9.64 Å². The van der Waals surface area contributed by atoms with E-state index in [0.29, 0.717) is 5.56 Å². The number of urea groups is 1. The molecule has 0 saturated carbocycles. The van der Waals surface area contributed by atoms with Gasteiger partial charge in [0.25, 0.3) is 5.91 Å². The number of likely N-dealkylation sites (N-methyl/N-ethyl adjacent to an activating group) is 1. The van der Waals surface area contributed by atoms with Gasteiger partial charge in [0.05, 0.1) is 11.8 Å². The molecule has 1 aromatic heterocycles. The first kappa shape index (κ1) is 18.7. The van der Waals surface area contributed by atoms with Crippen LogP contribution in [0.5, 0.6) is 5.75 Å². The Morgan fingerprint density at radius 1 is 1.19 bits per heavy atom. The Bertz CT molecular complexity index is 882.